The highest BCUT2D eigenvalue weighted by Gasteiger charge is 2.23. The molecule has 0 spiro atoms. The van der Waals surface area contributed by atoms with Gasteiger partial charge in [-0.1, -0.05) is 78.4 Å². The average molecular weight is 612 g/mol. The van der Waals surface area contributed by atoms with E-state index in [1.807, 2.05) is 43.3 Å². The molecule has 0 aliphatic heterocycles. The van der Waals surface area contributed by atoms with E-state index >= 15 is 0 Å². The van der Waals surface area contributed by atoms with Crippen molar-refractivity contribution < 1.29 is 27.9 Å². The zero-order valence-electron chi connectivity index (χ0n) is 24.9. The number of aliphatic imine (C=N–C) groups is 1. The van der Waals surface area contributed by atoms with Crippen LogP contribution < -0.4 is 21.5 Å². The van der Waals surface area contributed by atoms with Crippen molar-refractivity contribution in [1.29, 1.82) is 0 Å². The van der Waals surface area contributed by atoms with Crippen molar-refractivity contribution in [3.63, 3.8) is 0 Å². The van der Waals surface area contributed by atoms with E-state index in [9.17, 15) is 23.1 Å². The Morgan fingerprint density at radius 3 is 1.91 bits per heavy atom. The normalized spacial score (nSPS) is 12.5. The number of rotatable bonds is 10. The van der Waals surface area contributed by atoms with Crippen molar-refractivity contribution in [1.82, 2.24) is 10.0 Å². The van der Waals surface area contributed by atoms with E-state index in [0.29, 0.717) is 0 Å². The molecule has 1 amide bonds. The molecule has 3 aromatic rings. The molecule has 11 nitrogen and oxygen atoms in total. The summed E-state index contributed by atoms with van der Waals surface area (Å²) in [6.45, 7) is 6.90. The van der Waals surface area contributed by atoms with Crippen LogP contribution in [0.2, 0.25) is 0 Å². The van der Waals surface area contributed by atoms with E-state index < -0.39 is 33.7 Å². The summed E-state index contributed by atoms with van der Waals surface area (Å²) in [6.07, 6.45) is -0.519. The lowest BCUT2D eigenvalue weighted by Crippen LogP contribution is -2.43. The Morgan fingerprint density at radius 2 is 1.44 bits per heavy atom. The maximum Gasteiger partial charge on any atom is 0.408 e. The van der Waals surface area contributed by atoms with Crippen LogP contribution in [0.1, 0.15) is 56.3 Å². The van der Waals surface area contributed by atoms with Gasteiger partial charge in [-0.15, -0.1) is 0 Å². The summed E-state index contributed by atoms with van der Waals surface area (Å²) in [5.41, 5.74) is 14.2. The Kier molecular flexibility index (Phi) is 13.2. The SMILES string of the molecule is Cc1ccc(S(=O)(=O)NC(N)=NCCC[C@H](NC(=O)OC(C)(C)C)C(=O)O)cc1.NC(c1ccccc1)c1ccccc1. The number of carboxylic acids is 1. The van der Waals surface area contributed by atoms with Crippen LogP contribution in [0.3, 0.4) is 0 Å². The number of hydrogen-bond donors (Lipinski definition) is 5. The molecule has 0 bridgehead atoms. The Bertz CT molecular complexity index is 1400. The number of guanidine groups is 1. The third-order valence-electron chi connectivity index (χ3n) is 5.81. The fourth-order valence-electron chi connectivity index (χ4n) is 3.66. The number of hydrogen-bond acceptors (Lipinski definition) is 7. The summed E-state index contributed by atoms with van der Waals surface area (Å²) >= 11 is 0. The summed E-state index contributed by atoms with van der Waals surface area (Å²) in [4.78, 5) is 26.9. The minimum atomic E-state index is -3.85. The van der Waals surface area contributed by atoms with Gasteiger partial charge in [-0.3, -0.25) is 4.99 Å². The zero-order valence-corrected chi connectivity index (χ0v) is 25.7. The zero-order chi connectivity index (χ0) is 32.0. The van der Waals surface area contributed by atoms with E-state index in [4.69, 9.17) is 16.2 Å². The Balaban J connectivity index is 0.000000380. The number of nitrogens with zero attached hydrogens (tertiary/aromatic N) is 1. The first-order valence-corrected chi connectivity index (χ1v) is 15.1. The maximum atomic E-state index is 12.2. The first-order chi connectivity index (χ1) is 20.2. The van der Waals surface area contributed by atoms with Crippen LogP contribution in [-0.2, 0) is 19.6 Å². The second kappa shape index (κ2) is 16.3. The minimum Gasteiger partial charge on any atom is -0.480 e. The molecule has 0 fully saturated rings. The van der Waals surface area contributed by atoms with Gasteiger partial charge in [-0.05, 0) is 63.8 Å². The van der Waals surface area contributed by atoms with Crippen molar-refractivity contribution >= 4 is 28.0 Å². The van der Waals surface area contributed by atoms with Crippen LogP contribution in [0.4, 0.5) is 4.79 Å². The van der Waals surface area contributed by atoms with Gasteiger partial charge in [0.25, 0.3) is 10.0 Å². The second-order valence-electron chi connectivity index (χ2n) is 10.7. The van der Waals surface area contributed by atoms with E-state index in [1.54, 1.807) is 32.9 Å². The number of carbonyl (C=O) groups is 2. The highest BCUT2D eigenvalue weighted by Crippen LogP contribution is 2.18. The number of amides is 1. The summed E-state index contributed by atoms with van der Waals surface area (Å²) in [6, 6.07) is 25.3. The average Bonchev–Trinajstić information content (AvgIpc) is 2.94. The summed E-state index contributed by atoms with van der Waals surface area (Å²) < 4.78 is 31.6. The number of benzene rings is 3. The van der Waals surface area contributed by atoms with Gasteiger partial charge in [0.15, 0.2) is 0 Å². The molecule has 0 heterocycles. The molecule has 0 aliphatic carbocycles. The highest BCUT2D eigenvalue weighted by molar-refractivity contribution is 7.90. The van der Waals surface area contributed by atoms with Gasteiger partial charge in [0, 0.05) is 6.54 Å². The topological polar surface area (TPSA) is 186 Å². The molecule has 0 saturated heterocycles. The van der Waals surface area contributed by atoms with Crippen molar-refractivity contribution in [3.05, 3.63) is 102 Å². The van der Waals surface area contributed by atoms with Gasteiger partial charge in [0.05, 0.1) is 10.9 Å². The lowest BCUT2D eigenvalue weighted by atomic mass is 10.00. The monoisotopic (exact) mass is 611 g/mol. The van der Waals surface area contributed by atoms with Gasteiger partial charge in [-0.2, -0.15) is 0 Å². The quantitative estimate of drug-likeness (QED) is 0.129. The summed E-state index contributed by atoms with van der Waals surface area (Å²) in [5, 5.41) is 11.5. The Labute approximate surface area is 253 Å². The van der Waals surface area contributed by atoms with Crippen LogP contribution in [-0.4, -0.2) is 49.7 Å². The maximum absolute atomic E-state index is 12.2. The first kappa shape index (κ1) is 34.8. The lowest BCUT2D eigenvalue weighted by molar-refractivity contribution is -0.139. The van der Waals surface area contributed by atoms with Gasteiger partial charge in [0.1, 0.15) is 11.6 Å². The molecular formula is C31H41N5O6S. The van der Waals surface area contributed by atoms with E-state index in [1.165, 1.54) is 12.1 Å². The summed E-state index contributed by atoms with van der Waals surface area (Å²) in [7, 11) is -3.85. The van der Waals surface area contributed by atoms with Crippen LogP contribution in [0.15, 0.2) is 94.8 Å². The first-order valence-electron chi connectivity index (χ1n) is 13.6. The lowest BCUT2D eigenvalue weighted by Gasteiger charge is -2.21. The van der Waals surface area contributed by atoms with Gasteiger partial charge in [0.2, 0.25) is 5.96 Å². The highest BCUT2D eigenvalue weighted by atomic mass is 32.2. The fraction of sp³-hybridized carbons (Fsp3) is 0.323. The van der Waals surface area contributed by atoms with Crippen LogP contribution in [0.25, 0.3) is 0 Å². The van der Waals surface area contributed by atoms with Crippen molar-refractivity contribution in [2.75, 3.05) is 6.54 Å². The Hall–Kier alpha value is -4.42. The van der Waals surface area contributed by atoms with Crippen molar-refractivity contribution in [2.45, 2.75) is 63.1 Å². The number of carboxylic acid groups (broad SMARTS) is 1. The molecule has 0 aliphatic rings. The molecule has 0 radical (unpaired) electrons. The molecule has 0 saturated carbocycles. The molecule has 1 atom stereocenters. The number of alkyl carbamates (subject to hydrolysis) is 1. The van der Waals surface area contributed by atoms with Crippen molar-refractivity contribution in [3.8, 4) is 0 Å². The third kappa shape index (κ3) is 13.0. The van der Waals surface area contributed by atoms with E-state index in [2.05, 4.69) is 39.3 Å². The van der Waals surface area contributed by atoms with Crippen LogP contribution in [0, 0.1) is 6.92 Å². The van der Waals surface area contributed by atoms with Gasteiger partial charge < -0.3 is 26.6 Å². The molecular weight excluding hydrogens is 570 g/mol. The smallest absolute Gasteiger partial charge is 0.408 e. The second-order valence-corrected chi connectivity index (χ2v) is 12.3. The number of sulfonamides is 1. The largest absolute Gasteiger partial charge is 0.480 e. The minimum absolute atomic E-state index is 0.0163. The number of carbonyl (C=O) groups excluding carboxylic acids is 1. The van der Waals surface area contributed by atoms with Crippen LogP contribution >= 0.6 is 0 Å². The van der Waals surface area contributed by atoms with E-state index in [0.717, 1.165) is 16.7 Å². The standard InChI is InChI=1S/C18H28N4O6S.C13H13N/c1-12-7-9-13(10-8-12)29(26,27)22-16(19)20-11-5-6-14(15(23)24)21-17(25)28-18(2,3)4;14-13(11-7-3-1-4-8-11)12-9-5-2-6-10-12/h7-10,14H,5-6,11H2,1-4H3,(H,21,25)(H,23,24)(H3,19,20,22);1-10,13H,14H2/t14-;/m0./s1. The van der Waals surface area contributed by atoms with Gasteiger partial charge in [-0.25, -0.2) is 22.7 Å². The molecule has 43 heavy (non-hydrogen) atoms. The molecule has 232 valence electrons. The third-order valence-corrected chi connectivity index (χ3v) is 7.18. The molecule has 0 unspecified atom stereocenters. The summed E-state index contributed by atoms with van der Waals surface area (Å²) in [5.74, 6) is -1.52. The predicted molar refractivity (Wildman–Crippen MR) is 167 cm³/mol. The predicted octanol–water partition coefficient (Wildman–Crippen LogP) is 4.08. The number of aryl methyl sites for hydroxylation is 1. The Morgan fingerprint density at radius 1 is 0.930 bits per heavy atom. The van der Waals surface area contributed by atoms with Gasteiger partial charge >= 0.3 is 12.1 Å². The molecule has 3 aromatic carbocycles. The molecule has 0 aromatic heterocycles. The molecule has 3 rings (SSSR count). The van der Waals surface area contributed by atoms with E-state index in [-0.39, 0.29) is 36.3 Å². The number of nitrogens with two attached hydrogens (primary N) is 2. The van der Waals surface area contributed by atoms with Crippen LogP contribution in [0.5, 0.6) is 0 Å². The fourth-order valence-corrected chi connectivity index (χ4v) is 4.61. The number of nitrogens with one attached hydrogen (secondary N) is 2. The number of ether oxygens (including phenoxy) is 1. The van der Waals surface area contributed by atoms with Crippen molar-refractivity contribution in [2.24, 2.45) is 16.5 Å². The molecule has 7 N–H and O–H groups in total. The number of aliphatic carboxylic acids is 1. The molecule has 12 heteroatoms.